The number of likely N-dealkylation sites (tertiary alicyclic amines) is 1. The Morgan fingerprint density at radius 3 is 2.88 bits per heavy atom. The molecule has 1 aromatic heterocycles. The molecule has 1 saturated heterocycles. The summed E-state index contributed by atoms with van der Waals surface area (Å²) in [5, 5.41) is 2.97. The number of nitrogens with two attached hydrogens (primary N) is 1. The Bertz CT molecular complexity index is 403. The maximum Gasteiger partial charge on any atom is 0.244 e. The van der Waals surface area contributed by atoms with Crippen molar-refractivity contribution in [1.82, 2.24) is 14.9 Å². The Kier molecular flexibility index (Phi) is 3.41. The van der Waals surface area contributed by atoms with Crippen LogP contribution in [-0.2, 0) is 4.79 Å². The number of nitrogens with zero attached hydrogens (tertiary/aromatic N) is 3. The summed E-state index contributed by atoms with van der Waals surface area (Å²) >= 11 is 0. The second-order valence-corrected chi connectivity index (χ2v) is 4.20. The Morgan fingerprint density at radius 1 is 1.53 bits per heavy atom. The maximum atomic E-state index is 12.0. The van der Waals surface area contributed by atoms with E-state index in [9.17, 15) is 4.79 Å². The fraction of sp³-hybridized carbons (Fsp3) is 0.545. The highest BCUT2D eigenvalue weighted by molar-refractivity contribution is 5.84. The Balaban J connectivity index is 1.96. The SMILES string of the molecule is CC(Nc1nccc(N)n1)C(=O)N1CCCC1. The summed E-state index contributed by atoms with van der Waals surface area (Å²) < 4.78 is 0. The van der Waals surface area contributed by atoms with E-state index < -0.39 is 0 Å². The van der Waals surface area contributed by atoms with Crippen LogP contribution in [0.15, 0.2) is 12.3 Å². The van der Waals surface area contributed by atoms with E-state index in [2.05, 4.69) is 15.3 Å². The molecule has 6 heteroatoms. The fourth-order valence-electron chi connectivity index (χ4n) is 1.91. The van der Waals surface area contributed by atoms with Crippen LogP contribution in [0.2, 0.25) is 0 Å². The summed E-state index contributed by atoms with van der Waals surface area (Å²) in [6.07, 6.45) is 3.75. The highest BCUT2D eigenvalue weighted by atomic mass is 16.2. The lowest BCUT2D eigenvalue weighted by Crippen LogP contribution is -2.40. The molecule has 1 fully saturated rings. The first kappa shape index (κ1) is 11.6. The highest BCUT2D eigenvalue weighted by Gasteiger charge is 2.23. The van der Waals surface area contributed by atoms with E-state index in [1.165, 1.54) is 0 Å². The van der Waals surface area contributed by atoms with Crippen molar-refractivity contribution >= 4 is 17.7 Å². The molecule has 0 bridgehead atoms. The van der Waals surface area contributed by atoms with E-state index in [0.717, 1.165) is 25.9 Å². The van der Waals surface area contributed by atoms with E-state index in [1.807, 2.05) is 11.8 Å². The molecule has 3 N–H and O–H groups in total. The zero-order chi connectivity index (χ0) is 12.3. The minimum absolute atomic E-state index is 0.0912. The van der Waals surface area contributed by atoms with Crippen molar-refractivity contribution < 1.29 is 4.79 Å². The molecule has 1 aliphatic rings. The first-order valence-corrected chi connectivity index (χ1v) is 5.80. The molecule has 2 heterocycles. The van der Waals surface area contributed by atoms with Crippen LogP contribution in [0, 0.1) is 0 Å². The smallest absolute Gasteiger partial charge is 0.244 e. The van der Waals surface area contributed by atoms with Crippen LogP contribution < -0.4 is 11.1 Å². The second-order valence-electron chi connectivity index (χ2n) is 4.20. The molecule has 1 aromatic rings. The average Bonchev–Trinajstić information content (AvgIpc) is 2.81. The fourth-order valence-corrected chi connectivity index (χ4v) is 1.91. The first-order chi connectivity index (χ1) is 8.16. The van der Waals surface area contributed by atoms with Gasteiger partial charge in [-0.25, -0.2) is 4.98 Å². The molecular formula is C11H17N5O. The van der Waals surface area contributed by atoms with E-state index in [-0.39, 0.29) is 11.9 Å². The van der Waals surface area contributed by atoms with Crippen LogP contribution in [0.4, 0.5) is 11.8 Å². The number of carbonyl (C=O) groups is 1. The van der Waals surface area contributed by atoms with Crippen molar-refractivity contribution in [3.8, 4) is 0 Å². The number of nitrogens with one attached hydrogen (secondary N) is 1. The normalized spacial score (nSPS) is 16.9. The largest absolute Gasteiger partial charge is 0.384 e. The van der Waals surface area contributed by atoms with Gasteiger partial charge >= 0.3 is 0 Å². The summed E-state index contributed by atoms with van der Waals surface area (Å²) in [6, 6.07) is 1.29. The van der Waals surface area contributed by atoms with Crippen molar-refractivity contribution in [2.45, 2.75) is 25.8 Å². The molecule has 0 radical (unpaired) electrons. The highest BCUT2D eigenvalue weighted by Crippen LogP contribution is 2.11. The number of rotatable bonds is 3. The number of hydrogen-bond acceptors (Lipinski definition) is 5. The molecule has 1 atom stereocenters. The van der Waals surface area contributed by atoms with Crippen LogP contribution >= 0.6 is 0 Å². The van der Waals surface area contributed by atoms with E-state index in [4.69, 9.17) is 5.73 Å². The van der Waals surface area contributed by atoms with E-state index >= 15 is 0 Å². The second kappa shape index (κ2) is 4.99. The quantitative estimate of drug-likeness (QED) is 0.796. The predicted molar refractivity (Wildman–Crippen MR) is 65.3 cm³/mol. The third-order valence-electron chi connectivity index (χ3n) is 2.81. The zero-order valence-electron chi connectivity index (χ0n) is 9.89. The van der Waals surface area contributed by atoms with Gasteiger partial charge in [-0.05, 0) is 25.8 Å². The molecular weight excluding hydrogens is 218 g/mol. The first-order valence-electron chi connectivity index (χ1n) is 5.80. The molecule has 0 spiro atoms. The van der Waals surface area contributed by atoms with E-state index in [0.29, 0.717) is 11.8 Å². The maximum absolute atomic E-state index is 12.0. The summed E-state index contributed by atoms with van der Waals surface area (Å²) in [6.45, 7) is 3.51. The Morgan fingerprint density at radius 2 is 2.24 bits per heavy atom. The van der Waals surface area contributed by atoms with Gasteiger partial charge in [0, 0.05) is 19.3 Å². The van der Waals surface area contributed by atoms with Crippen LogP contribution in [0.3, 0.4) is 0 Å². The van der Waals surface area contributed by atoms with Gasteiger partial charge in [-0.2, -0.15) is 4.98 Å². The van der Waals surface area contributed by atoms with Gasteiger partial charge in [0.1, 0.15) is 11.9 Å². The number of amides is 1. The molecule has 1 unspecified atom stereocenters. The van der Waals surface area contributed by atoms with Gasteiger partial charge in [0.25, 0.3) is 0 Å². The monoisotopic (exact) mass is 235 g/mol. The molecule has 2 rings (SSSR count). The van der Waals surface area contributed by atoms with Crippen LogP contribution in [0.1, 0.15) is 19.8 Å². The van der Waals surface area contributed by atoms with Crippen molar-refractivity contribution in [3.05, 3.63) is 12.3 Å². The van der Waals surface area contributed by atoms with Crippen molar-refractivity contribution in [1.29, 1.82) is 0 Å². The topological polar surface area (TPSA) is 84.1 Å². The number of nitrogen functional groups attached to an aromatic ring is 1. The van der Waals surface area contributed by atoms with Crippen LogP contribution in [0.25, 0.3) is 0 Å². The third-order valence-corrected chi connectivity index (χ3v) is 2.81. The molecule has 17 heavy (non-hydrogen) atoms. The molecule has 92 valence electrons. The Hall–Kier alpha value is -1.85. The molecule has 1 amide bonds. The summed E-state index contributed by atoms with van der Waals surface area (Å²) in [5.74, 6) is 0.877. The summed E-state index contributed by atoms with van der Waals surface area (Å²) in [7, 11) is 0. The van der Waals surface area contributed by atoms with E-state index in [1.54, 1.807) is 12.3 Å². The van der Waals surface area contributed by atoms with Crippen molar-refractivity contribution in [2.75, 3.05) is 24.1 Å². The lowest BCUT2D eigenvalue weighted by atomic mass is 10.3. The lowest BCUT2D eigenvalue weighted by Gasteiger charge is -2.20. The molecule has 0 aromatic carbocycles. The van der Waals surface area contributed by atoms with Crippen molar-refractivity contribution in [3.63, 3.8) is 0 Å². The van der Waals surface area contributed by atoms with Gasteiger partial charge in [0.05, 0.1) is 0 Å². The Labute approximate surface area is 100 Å². The van der Waals surface area contributed by atoms with Crippen LogP contribution in [0.5, 0.6) is 0 Å². The van der Waals surface area contributed by atoms with Gasteiger partial charge in [0.2, 0.25) is 11.9 Å². The summed E-state index contributed by atoms with van der Waals surface area (Å²) in [5.41, 5.74) is 5.55. The van der Waals surface area contributed by atoms with Gasteiger partial charge in [-0.3, -0.25) is 4.79 Å². The molecule has 0 saturated carbocycles. The van der Waals surface area contributed by atoms with Gasteiger partial charge in [-0.1, -0.05) is 0 Å². The minimum Gasteiger partial charge on any atom is -0.384 e. The van der Waals surface area contributed by atoms with Gasteiger partial charge in [0.15, 0.2) is 0 Å². The van der Waals surface area contributed by atoms with Gasteiger partial charge in [-0.15, -0.1) is 0 Å². The molecule has 6 nitrogen and oxygen atoms in total. The lowest BCUT2D eigenvalue weighted by molar-refractivity contribution is -0.130. The van der Waals surface area contributed by atoms with Gasteiger partial charge < -0.3 is 16.0 Å². The average molecular weight is 235 g/mol. The zero-order valence-corrected chi connectivity index (χ0v) is 9.89. The van der Waals surface area contributed by atoms with Crippen molar-refractivity contribution in [2.24, 2.45) is 0 Å². The minimum atomic E-state index is -0.324. The number of carbonyl (C=O) groups excluding carboxylic acids is 1. The number of aromatic nitrogens is 2. The number of anilines is 2. The third kappa shape index (κ3) is 2.83. The standard InChI is InChI=1S/C11H17N5O/c1-8(10(17)16-6-2-3-7-16)14-11-13-5-4-9(12)15-11/h4-5,8H,2-3,6-7H2,1H3,(H3,12,13,14,15). The molecule has 1 aliphatic heterocycles. The number of hydrogen-bond donors (Lipinski definition) is 2. The molecule has 0 aliphatic carbocycles. The van der Waals surface area contributed by atoms with Crippen LogP contribution in [-0.4, -0.2) is 39.9 Å². The summed E-state index contributed by atoms with van der Waals surface area (Å²) in [4.78, 5) is 21.9. The predicted octanol–water partition coefficient (Wildman–Crippen LogP) is 0.482.